The number of fused-ring (bicyclic) bond motifs is 1. The van der Waals surface area contributed by atoms with Crippen molar-refractivity contribution in [1.29, 1.82) is 0 Å². The van der Waals surface area contributed by atoms with E-state index < -0.39 is 0 Å². The van der Waals surface area contributed by atoms with Gasteiger partial charge in [-0.3, -0.25) is 14.8 Å². The van der Waals surface area contributed by atoms with E-state index >= 15 is 0 Å². The summed E-state index contributed by atoms with van der Waals surface area (Å²) in [5, 5.41) is 3.42. The molecule has 0 spiro atoms. The number of anilines is 1. The number of H-pyrrole nitrogens is 1. The highest BCUT2D eigenvalue weighted by atomic mass is 79.9. The van der Waals surface area contributed by atoms with Gasteiger partial charge < -0.3 is 15.2 Å². The van der Waals surface area contributed by atoms with Crippen molar-refractivity contribution in [3.63, 3.8) is 0 Å². The topological polar surface area (TPSA) is 76.2 Å². The average molecular weight is 562 g/mol. The van der Waals surface area contributed by atoms with Gasteiger partial charge in [0, 0.05) is 89.1 Å². The molecule has 1 unspecified atom stereocenters. The van der Waals surface area contributed by atoms with Gasteiger partial charge >= 0.3 is 0 Å². The van der Waals surface area contributed by atoms with Gasteiger partial charge in [0.2, 0.25) is 0 Å². The second-order valence-corrected chi connectivity index (χ2v) is 10.8. The molecule has 0 radical (unpaired) electrons. The molecule has 37 heavy (non-hydrogen) atoms. The van der Waals surface area contributed by atoms with E-state index in [0.29, 0.717) is 6.04 Å². The van der Waals surface area contributed by atoms with Crippen molar-refractivity contribution in [2.45, 2.75) is 19.5 Å². The monoisotopic (exact) mass is 560 g/mol. The Balaban J connectivity index is 1.19. The van der Waals surface area contributed by atoms with E-state index in [1.807, 2.05) is 24.7 Å². The number of piperazine rings is 2. The van der Waals surface area contributed by atoms with Gasteiger partial charge in [0.05, 0.1) is 10.2 Å². The van der Waals surface area contributed by atoms with E-state index in [0.717, 1.165) is 91.6 Å². The van der Waals surface area contributed by atoms with Crippen LogP contribution < -0.4 is 10.2 Å². The van der Waals surface area contributed by atoms with Crippen LogP contribution in [0.3, 0.4) is 0 Å². The molecule has 6 rings (SSSR count). The molecule has 0 amide bonds. The Kier molecular flexibility index (Phi) is 7.19. The van der Waals surface area contributed by atoms with Crippen LogP contribution in [0.5, 0.6) is 0 Å². The molecule has 2 aliphatic heterocycles. The molecule has 2 N–H and O–H groups in total. The lowest BCUT2D eigenvalue weighted by molar-refractivity contribution is 0.198. The maximum atomic E-state index is 4.86. The molecule has 2 aliphatic rings. The third-order valence-corrected chi connectivity index (χ3v) is 8.22. The number of pyridine rings is 2. The Morgan fingerprint density at radius 3 is 2.49 bits per heavy atom. The van der Waals surface area contributed by atoms with E-state index in [-0.39, 0.29) is 0 Å². The SMILES string of the molecule is CC(c1cccnc1)N1CCN(c2c(Br)cnc3nc(-c4ccc(CN5CCNCC5)cc4)[nH]c23)CC1. The lowest BCUT2D eigenvalue weighted by atomic mass is 10.1. The summed E-state index contributed by atoms with van der Waals surface area (Å²) < 4.78 is 0.996. The van der Waals surface area contributed by atoms with Gasteiger partial charge in [0.1, 0.15) is 11.3 Å². The number of aromatic nitrogens is 4. The first kappa shape index (κ1) is 24.5. The van der Waals surface area contributed by atoms with E-state index in [4.69, 9.17) is 4.98 Å². The molecule has 2 fully saturated rings. The van der Waals surface area contributed by atoms with Crippen LogP contribution in [0.1, 0.15) is 24.1 Å². The Bertz CT molecular complexity index is 1330. The van der Waals surface area contributed by atoms with Crippen molar-refractivity contribution < 1.29 is 0 Å². The standard InChI is InChI=1S/C28H33BrN8/c1-20(23-3-2-8-31-17-23)36-13-15-37(16-14-36)26-24(29)18-32-28-25(26)33-27(34-28)22-6-4-21(5-7-22)19-35-11-9-30-10-12-35/h2-8,17-18,20,30H,9-16,19H2,1H3,(H,32,33,34). The molecule has 0 saturated carbocycles. The van der Waals surface area contributed by atoms with Gasteiger partial charge in [-0.05, 0) is 40.0 Å². The van der Waals surface area contributed by atoms with Gasteiger partial charge in [-0.15, -0.1) is 0 Å². The minimum absolute atomic E-state index is 0.352. The zero-order valence-corrected chi connectivity index (χ0v) is 22.8. The van der Waals surface area contributed by atoms with Gasteiger partial charge in [-0.2, -0.15) is 0 Å². The Morgan fingerprint density at radius 1 is 0.973 bits per heavy atom. The lowest BCUT2D eigenvalue weighted by Gasteiger charge is -2.39. The largest absolute Gasteiger partial charge is 0.366 e. The summed E-state index contributed by atoms with van der Waals surface area (Å²) in [5.74, 6) is 0.861. The highest BCUT2D eigenvalue weighted by Gasteiger charge is 2.26. The van der Waals surface area contributed by atoms with Crippen molar-refractivity contribution in [3.05, 3.63) is 70.6 Å². The summed E-state index contributed by atoms with van der Waals surface area (Å²) in [4.78, 5) is 24.8. The van der Waals surface area contributed by atoms with Crippen LogP contribution in [-0.2, 0) is 6.54 Å². The maximum Gasteiger partial charge on any atom is 0.180 e. The quantitative estimate of drug-likeness (QED) is 0.368. The highest BCUT2D eigenvalue weighted by Crippen LogP contribution is 2.35. The zero-order valence-electron chi connectivity index (χ0n) is 21.2. The molecular formula is C28H33BrN8. The zero-order chi connectivity index (χ0) is 25.2. The van der Waals surface area contributed by atoms with Gasteiger partial charge in [0.15, 0.2) is 5.65 Å². The fourth-order valence-electron chi connectivity index (χ4n) is 5.43. The summed E-state index contributed by atoms with van der Waals surface area (Å²) in [6, 6.07) is 13.3. The van der Waals surface area contributed by atoms with Crippen LogP contribution in [0.15, 0.2) is 59.5 Å². The van der Waals surface area contributed by atoms with E-state index in [1.165, 1.54) is 11.1 Å². The minimum Gasteiger partial charge on any atom is -0.366 e. The number of nitrogens with one attached hydrogen (secondary N) is 2. The molecule has 4 aromatic rings. The molecule has 0 aliphatic carbocycles. The Morgan fingerprint density at radius 2 is 1.76 bits per heavy atom. The molecule has 1 atom stereocenters. The fraction of sp³-hybridized carbons (Fsp3) is 0.393. The smallest absolute Gasteiger partial charge is 0.180 e. The van der Waals surface area contributed by atoms with Crippen molar-refractivity contribution in [2.75, 3.05) is 57.3 Å². The lowest BCUT2D eigenvalue weighted by Crippen LogP contribution is -2.47. The maximum absolute atomic E-state index is 4.86. The first-order valence-electron chi connectivity index (χ1n) is 13.1. The number of imidazole rings is 1. The van der Waals surface area contributed by atoms with Crippen LogP contribution >= 0.6 is 15.9 Å². The normalized spacial score (nSPS) is 18.4. The van der Waals surface area contributed by atoms with Crippen molar-refractivity contribution in [3.8, 4) is 11.4 Å². The Labute approximate surface area is 226 Å². The Hall–Kier alpha value is -2.85. The third-order valence-electron chi connectivity index (χ3n) is 7.64. The molecule has 3 aromatic heterocycles. The summed E-state index contributed by atoms with van der Waals surface area (Å²) in [5.41, 5.74) is 6.57. The molecule has 1 aromatic carbocycles. The molecule has 2 saturated heterocycles. The van der Waals surface area contributed by atoms with Crippen molar-refractivity contribution in [2.24, 2.45) is 0 Å². The molecule has 9 heteroatoms. The fourth-order valence-corrected chi connectivity index (χ4v) is 5.98. The van der Waals surface area contributed by atoms with Crippen molar-refractivity contribution in [1.82, 2.24) is 35.1 Å². The first-order valence-corrected chi connectivity index (χ1v) is 13.9. The minimum atomic E-state index is 0.352. The predicted molar refractivity (Wildman–Crippen MR) is 152 cm³/mol. The molecule has 0 bridgehead atoms. The number of rotatable bonds is 6. The predicted octanol–water partition coefficient (Wildman–Crippen LogP) is 4.07. The third kappa shape index (κ3) is 5.27. The first-order chi connectivity index (χ1) is 18.2. The van der Waals surface area contributed by atoms with Crippen LogP contribution in [0.25, 0.3) is 22.6 Å². The van der Waals surface area contributed by atoms with Gasteiger partial charge in [0.25, 0.3) is 0 Å². The summed E-state index contributed by atoms with van der Waals surface area (Å²) in [6.45, 7) is 11.5. The number of halogens is 1. The van der Waals surface area contributed by atoms with Crippen LogP contribution in [0, 0.1) is 0 Å². The van der Waals surface area contributed by atoms with Gasteiger partial charge in [-0.25, -0.2) is 9.97 Å². The number of benzene rings is 1. The van der Waals surface area contributed by atoms with Crippen LogP contribution in [0.4, 0.5) is 5.69 Å². The summed E-state index contributed by atoms with van der Waals surface area (Å²) in [6.07, 6.45) is 5.69. The molecule has 5 heterocycles. The van der Waals surface area contributed by atoms with E-state index in [2.05, 4.69) is 88.2 Å². The summed E-state index contributed by atoms with van der Waals surface area (Å²) >= 11 is 3.77. The van der Waals surface area contributed by atoms with Crippen LogP contribution in [0.2, 0.25) is 0 Å². The van der Waals surface area contributed by atoms with Gasteiger partial charge in [-0.1, -0.05) is 30.3 Å². The second kappa shape index (κ2) is 10.9. The molecular weight excluding hydrogens is 528 g/mol. The van der Waals surface area contributed by atoms with Crippen LogP contribution in [-0.4, -0.2) is 82.1 Å². The molecule has 192 valence electrons. The van der Waals surface area contributed by atoms with E-state index in [1.54, 1.807) is 0 Å². The number of hydrogen-bond acceptors (Lipinski definition) is 7. The van der Waals surface area contributed by atoms with E-state index in [9.17, 15) is 0 Å². The second-order valence-electron chi connectivity index (χ2n) is 9.95. The molecule has 8 nitrogen and oxygen atoms in total. The van der Waals surface area contributed by atoms with Crippen molar-refractivity contribution >= 4 is 32.8 Å². The number of aromatic amines is 1. The summed E-state index contributed by atoms with van der Waals surface area (Å²) in [7, 11) is 0. The number of nitrogens with zero attached hydrogens (tertiary/aromatic N) is 6. The highest BCUT2D eigenvalue weighted by molar-refractivity contribution is 9.10. The average Bonchev–Trinajstić information content (AvgIpc) is 3.38. The number of hydrogen-bond donors (Lipinski definition) is 2.